The Morgan fingerprint density at radius 1 is 1.30 bits per heavy atom. The second kappa shape index (κ2) is 6.38. The Labute approximate surface area is 117 Å². The first-order valence-electron chi connectivity index (χ1n) is 6.18. The Morgan fingerprint density at radius 3 is 2.80 bits per heavy atom. The molecule has 2 aromatic rings. The molecule has 0 spiro atoms. The zero-order chi connectivity index (χ0) is 14.4. The Bertz CT molecular complexity index is 636. The van der Waals surface area contributed by atoms with Gasteiger partial charge in [0.1, 0.15) is 35.5 Å². The van der Waals surface area contributed by atoms with E-state index in [2.05, 4.69) is 26.7 Å². The van der Waals surface area contributed by atoms with E-state index >= 15 is 0 Å². The first-order chi connectivity index (χ1) is 9.78. The van der Waals surface area contributed by atoms with Crippen LogP contribution in [0.3, 0.4) is 0 Å². The molecular formula is C14H15N5O. The van der Waals surface area contributed by atoms with Crippen LogP contribution in [0.2, 0.25) is 0 Å². The summed E-state index contributed by atoms with van der Waals surface area (Å²) in [5, 5.41) is 15.4. The smallest absolute Gasteiger partial charge is 0.143 e. The van der Waals surface area contributed by atoms with Crippen molar-refractivity contribution in [3.05, 3.63) is 36.2 Å². The van der Waals surface area contributed by atoms with E-state index in [1.54, 1.807) is 31.4 Å². The Hall–Kier alpha value is -2.81. The van der Waals surface area contributed by atoms with Crippen LogP contribution in [-0.2, 0) is 0 Å². The fraction of sp³-hybridized carbons (Fsp3) is 0.214. The molecule has 1 aromatic heterocycles. The predicted molar refractivity (Wildman–Crippen MR) is 77.2 cm³/mol. The number of methoxy groups -OCH3 is 1. The normalized spacial score (nSPS) is 9.65. The number of rotatable bonds is 5. The van der Waals surface area contributed by atoms with Gasteiger partial charge in [-0.2, -0.15) is 5.26 Å². The highest BCUT2D eigenvalue weighted by molar-refractivity contribution is 5.72. The monoisotopic (exact) mass is 269 g/mol. The number of nitrogens with one attached hydrogen (secondary N) is 2. The molecule has 0 fully saturated rings. The molecule has 0 radical (unpaired) electrons. The maximum absolute atomic E-state index is 9.16. The summed E-state index contributed by atoms with van der Waals surface area (Å²) < 4.78 is 5.27. The number of para-hydroxylation sites is 1. The largest absolute Gasteiger partial charge is 0.495 e. The molecule has 0 amide bonds. The number of anilines is 3. The number of hydrogen-bond acceptors (Lipinski definition) is 6. The van der Waals surface area contributed by atoms with E-state index in [0.29, 0.717) is 22.8 Å². The van der Waals surface area contributed by atoms with Crippen LogP contribution in [0.4, 0.5) is 17.3 Å². The molecule has 0 aliphatic carbocycles. The minimum atomic E-state index is 0.493. The highest BCUT2D eigenvalue weighted by Crippen LogP contribution is 2.30. The summed E-state index contributed by atoms with van der Waals surface area (Å²) >= 11 is 0. The topological polar surface area (TPSA) is 82.9 Å². The molecule has 2 rings (SSSR count). The van der Waals surface area contributed by atoms with Crippen molar-refractivity contribution in [2.45, 2.75) is 6.92 Å². The second-order valence-corrected chi connectivity index (χ2v) is 3.94. The van der Waals surface area contributed by atoms with E-state index in [4.69, 9.17) is 10.00 Å². The lowest BCUT2D eigenvalue weighted by Crippen LogP contribution is -2.03. The predicted octanol–water partition coefficient (Wildman–Crippen LogP) is 2.53. The standard InChI is InChI=1S/C14H15N5O/c1-3-16-12-7-13(18-9-17-12)19-14-10(8-15)5-4-6-11(14)20-2/h4-7,9H,3H2,1-2H3,(H2,16,17,18,19). The molecule has 0 saturated heterocycles. The fourth-order valence-corrected chi connectivity index (χ4v) is 1.75. The summed E-state index contributed by atoms with van der Waals surface area (Å²) in [5.41, 5.74) is 1.09. The lowest BCUT2D eigenvalue weighted by Gasteiger charge is -2.12. The average molecular weight is 269 g/mol. The molecule has 0 saturated carbocycles. The van der Waals surface area contributed by atoms with Crippen LogP contribution in [0.25, 0.3) is 0 Å². The van der Waals surface area contributed by atoms with E-state index < -0.39 is 0 Å². The average Bonchev–Trinajstić information content (AvgIpc) is 2.48. The molecule has 0 bridgehead atoms. The minimum absolute atomic E-state index is 0.493. The van der Waals surface area contributed by atoms with Crippen LogP contribution in [0.5, 0.6) is 5.75 Å². The van der Waals surface area contributed by atoms with Crippen molar-refractivity contribution in [2.75, 3.05) is 24.3 Å². The molecular weight excluding hydrogens is 254 g/mol. The Balaban J connectivity index is 2.34. The third-order valence-corrected chi connectivity index (χ3v) is 2.64. The molecule has 102 valence electrons. The number of ether oxygens (including phenoxy) is 1. The summed E-state index contributed by atoms with van der Waals surface area (Å²) in [6, 6.07) is 9.18. The van der Waals surface area contributed by atoms with Gasteiger partial charge in [-0.3, -0.25) is 0 Å². The number of nitrogens with zero attached hydrogens (tertiary/aromatic N) is 3. The molecule has 2 N–H and O–H groups in total. The highest BCUT2D eigenvalue weighted by Gasteiger charge is 2.10. The molecule has 0 unspecified atom stereocenters. The van der Waals surface area contributed by atoms with Gasteiger partial charge < -0.3 is 15.4 Å². The second-order valence-electron chi connectivity index (χ2n) is 3.94. The lowest BCUT2D eigenvalue weighted by atomic mass is 10.2. The Kier molecular flexibility index (Phi) is 4.35. The van der Waals surface area contributed by atoms with E-state index in [1.165, 1.54) is 6.33 Å². The third-order valence-electron chi connectivity index (χ3n) is 2.64. The first kappa shape index (κ1) is 13.6. The van der Waals surface area contributed by atoms with E-state index in [1.807, 2.05) is 6.92 Å². The van der Waals surface area contributed by atoms with Gasteiger partial charge in [-0.25, -0.2) is 9.97 Å². The number of aromatic nitrogens is 2. The van der Waals surface area contributed by atoms with Gasteiger partial charge in [-0.15, -0.1) is 0 Å². The maximum Gasteiger partial charge on any atom is 0.143 e. The third kappa shape index (κ3) is 2.95. The van der Waals surface area contributed by atoms with Crippen molar-refractivity contribution in [2.24, 2.45) is 0 Å². The quantitative estimate of drug-likeness (QED) is 0.867. The van der Waals surface area contributed by atoms with Gasteiger partial charge in [0.2, 0.25) is 0 Å². The number of benzene rings is 1. The molecule has 0 aliphatic heterocycles. The van der Waals surface area contributed by atoms with E-state index in [0.717, 1.165) is 12.4 Å². The molecule has 0 atom stereocenters. The van der Waals surface area contributed by atoms with Gasteiger partial charge in [-0.1, -0.05) is 6.07 Å². The fourth-order valence-electron chi connectivity index (χ4n) is 1.75. The summed E-state index contributed by atoms with van der Waals surface area (Å²) in [6.45, 7) is 2.76. The summed E-state index contributed by atoms with van der Waals surface area (Å²) in [5.74, 6) is 1.91. The van der Waals surface area contributed by atoms with Crippen LogP contribution in [-0.4, -0.2) is 23.6 Å². The number of nitriles is 1. The molecule has 6 nitrogen and oxygen atoms in total. The van der Waals surface area contributed by atoms with Crippen molar-refractivity contribution in [3.8, 4) is 11.8 Å². The van der Waals surface area contributed by atoms with Crippen LogP contribution in [0.1, 0.15) is 12.5 Å². The lowest BCUT2D eigenvalue weighted by molar-refractivity contribution is 0.416. The van der Waals surface area contributed by atoms with E-state index in [9.17, 15) is 0 Å². The van der Waals surface area contributed by atoms with Gasteiger partial charge in [0, 0.05) is 12.6 Å². The zero-order valence-electron chi connectivity index (χ0n) is 11.3. The van der Waals surface area contributed by atoms with Gasteiger partial charge in [0.15, 0.2) is 0 Å². The SMILES string of the molecule is CCNc1cc(Nc2c(C#N)cccc2OC)ncn1. The van der Waals surface area contributed by atoms with Gasteiger partial charge in [0.05, 0.1) is 12.7 Å². The van der Waals surface area contributed by atoms with E-state index in [-0.39, 0.29) is 0 Å². The molecule has 0 aliphatic rings. The van der Waals surface area contributed by atoms with Crippen LogP contribution < -0.4 is 15.4 Å². The van der Waals surface area contributed by atoms with Crippen molar-refractivity contribution in [1.29, 1.82) is 5.26 Å². The molecule has 6 heteroatoms. The zero-order valence-corrected chi connectivity index (χ0v) is 11.3. The molecule has 20 heavy (non-hydrogen) atoms. The van der Waals surface area contributed by atoms with Crippen molar-refractivity contribution >= 4 is 17.3 Å². The summed E-state index contributed by atoms with van der Waals surface area (Å²) in [4.78, 5) is 8.24. The first-order valence-corrected chi connectivity index (χ1v) is 6.18. The van der Waals surface area contributed by atoms with Crippen LogP contribution in [0.15, 0.2) is 30.6 Å². The van der Waals surface area contributed by atoms with Gasteiger partial charge in [-0.05, 0) is 19.1 Å². The maximum atomic E-state index is 9.16. The Morgan fingerprint density at radius 2 is 2.10 bits per heavy atom. The molecule has 1 aromatic carbocycles. The summed E-state index contributed by atoms with van der Waals surface area (Å²) in [6.07, 6.45) is 1.46. The van der Waals surface area contributed by atoms with Crippen LogP contribution in [0, 0.1) is 11.3 Å². The molecule has 1 heterocycles. The van der Waals surface area contributed by atoms with Gasteiger partial charge in [0.25, 0.3) is 0 Å². The summed E-state index contributed by atoms with van der Waals surface area (Å²) in [7, 11) is 1.56. The van der Waals surface area contributed by atoms with Crippen molar-refractivity contribution in [1.82, 2.24) is 9.97 Å². The minimum Gasteiger partial charge on any atom is -0.495 e. The van der Waals surface area contributed by atoms with Crippen LogP contribution >= 0.6 is 0 Å². The number of hydrogen-bond donors (Lipinski definition) is 2. The highest BCUT2D eigenvalue weighted by atomic mass is 16.5. The van der Waals surface area contributed by atoms with Gasteiger partial charge >= 0.3 is 0 Å². The van der Waals surface area contributed by atoms with Crippen molar-refractivity contribution < 1.29 is 4.74 Å². The van der Waals surface area contributed by atoms with Crippen molar-refractivity contribution in [3.63, 3.8) is 0 Å².